The molecular formula is C16H25N3O2. The van der Waals surface area contributed by atoms with Crippen molar-refractivity contribution in [3.63, 3.8) is 0 Å². The molecule has 0 bridgehead atoms. The predicted molar refractivity (Wildman–Crippen MR) is 85.0 cm³/mol. The molecule has 1 aromatic rings. The molecule has 0 fully saturated rings. The van der Waals surface area contributed by atoms with Crippen molar-refractivity contribution in [2.75, 3.05) is 19.4 Å². The lowest BCUT2D eigenvalue weighted by Crippen LogP contribution is -2.35. The molecule has 0 aromatic heterocycles. The summed E-state index contributed by atoms with van der Waals surface area (Å²) in [5, 5.41) is 2.79. The van der Waals surface area contributed by atoms with Crippen molar-refractivity contribution in [3.05, 3.63) is 29.8 Å². The molecular weight excluding hydrogens is 266 g/mol. The first-order valence-electron chi connectivity index (χ1n) is 7.29. The van der Waals surface area contributed by atoms with Gasteiger partial charge in [-0.15, -0.1) is 0 Å². The molecule has 0 unspecified atom stereocenters. The Morgan fingerprint density at radius 3 is 2.38 bits per heavy atom. The van der Waals surface area contributed by atoms with Crippen LogP contribution in [0.1, 0.15) is 31.7 Å². The highest BCUT2D eigenvalue weighted by Crippen LogP contribution is 2.11. The Balaban J connectivity index is 2.54. The van der Waals surface area contributed by atoms with E-state index in [0.29, 0.717) is 18.5 Å². The number of nitrogens with two attached hydrogens (primary N) is 1. The van der Waals surface area contributed by atoms with E-state index < -0.39 is 6.04 Å². The van der Waals surface area contributed by atoms with E-state index in [1.165, 1.54) is 0 Å². The summed E-state index contributed by atoms with van der Waals surface area (Å²) in [6.45, 7) is 2.07. The zero-order valence-corrected chi connectivity index (χ0v) is 13.1. The van der Waals surface area contributed by atoms with Crippen molar-refractivity contribution < 1.29 is 9.59 Å². The van der Waals surface area contributed by atoms with Crippen LogP contribution in [0.4, 0.5) is 5.69 Å². The number of likely N-dealkylation sites (N-methyl/N-ethyl adjacent to an activating group) is 1. The minimum atomic E-state index is -0.472. The maximum Gasteiger partial charge on any atom is 0.241 e. The van der Waals surface area contributed by atoms with Crippen LogP contribution in [0.5, 0.6) is 0 Å². The number of unbranched alkanes of at least 4 members (excludes halogenated alkanes) is 1. The summed E-state index contributed by atoms with van der Waals surface area (Å²) in [5.74, 6) is -0.117. The number of hydrogen-bond acceptors (Lipinski definition) is 3. The zero-order valence-electron chi connectivity index (χ0n) is 13.1. The minimum absolute atomic E-state index is 0.0494. The number of carbonyl (C=O) groups is 2. The lowest BCUT2D eigenvalue weighted by Gasteiger charge is -2.13. The monoisotopic (exact) mass is 291 g/mol. The quantitative estimate of drug-likeness (QED) is 0.804. The number of benzene rings is 1. The molecule has 0 heterocycles. The number of nitrogens with zero attached hydrogens (tertiary/aromatic N) is 1. The van der Waals surface area contributed by atoms with Crippen LogP contribution >= 0.6 is 0 Å². The van der Waals surface area contributed by atoms with Crippen LogP contribution in [0.15, 0.2) is 24.3 Å². The Hall–Kier alpha value is -1.88. The minimum Gasteiger partial charge on any atom is -0.349 e. The summed E-state index contributed by atoms with van der Waals surface area (Å²) < 4.78 is 0. The van der Waals surface area contributed by atoms with Gasteiger partial charge in [0.05, 0.1) is 12.5 Å². The predicted octanol–water partition coefficient (Wildman–Crippen LogP) is 1.77. The highest BCUT2D eigenvalue weighted by Gasteiger charge is 2.13. The molecule has 2 amide bonds. The summed E-state index contributed by atoms with van der Waals surface area (Å²) in [4.78, 5) is 25.0. The highest BCUT2D eigenvalue weighted by atomic mass is 16.2. The topological polar surface area (TPSA) is 75.4 Å². The average Bonchev–Trinajstić information content (AvgIpc) is 2.46. The number of anilines is 1. The maximum atomic E-state index is 11.9. The average molecular weight is 291 g/mol. The molecule has 0 saturated carbocycles. The van der Waals surface area contributed by atoms with Gasteiger partial charge in [-0.3, -0.25) is 9.59 Å². The third kappa shape index (κ3) is 5.95. The molecule has 5 nitrogen and oxygen atoms in total. The van der Waals surface area contributed by atoms with Crippen LogP contribution in [0.2, 0.25) is 0 Å². The molecule has 0 aliphatic rings. The Labute approximate surface area is 126 Å². The van der Waals surface area contributed by atoms with Crippen molar-refractivity contribution >= 4 is 17.5 Å². The molecule has 5 heteroatoms. The molecule has 1 rings (SSSR count). The third-order valence-electron chi connectivity index (χ3n) is 3.28. The summed E-state index contributed by atoms with van der Waals surface area (Å²) >= 11 is 0. The van der Waals surface area contributed by atoms with Crippen molar-refractivity contribution in [1.29, 1.82) is 0 Å². The standard InChI is InChI=1S/C16H25N3O2/c1-4-5-6-14(17)16(21)18-13-9-7-12(8-10-13)11-15(20)19(2)3/h7-10,14H,4-6,11,17H2,1-3H3,(H,18,21)/t14-/m0/s1. The van der Waals surface area contributed by atoms with Gasteiger partial charge in [0, 0.05) is 19.8 Å². The van der Waals surface area contributed by atoms with E-state index in [9.17, 15) is 9.59 Å². The Bertz CT molecular complexity index is 469. The molecule has 21 heavy (non-hydrogen) atoms. The number of rotatable bonds is 7. The van der Waals surface area contributed by atoms with E-state index in [2.05, 4.69) is 12.2 Å². The Morgan fingerprint density at radius 1 is 1.24 bits per heavy atom. The second kappa shape index (κ2) is 8.42. The molecule has 0 aliphatic heterocycles. The van der Waals surface area contributed by atoms with E-state index in [0.717, 1.165) is 18.4 Å². The SMILES string of the molecule is CCCC[C@H](N)C(=O)Nc1ccc(CC(=O)N(C)C)cc1. The first-order chi connectivity index (χ1) is 9.93. The fraction of sp³-hybridized carbons (Fsp3) is 0.500. The molecule has 1 aromatic carbocycles. The normalized spacial score (nSPS) is 11.8. The van der Waals surface area contributed by atoms with Gasteiger partial charge in [-0.05, 0) is 24.1 Å². The zero-order chi connectivity index (χ0) is 15.8. The fourth-order valence-corrected chi connectivity index (χ4v) is 1.83. The maximum absolute atomic E-state index is 11.9. The second-order valence-electron chi connectivity index (χ2n) is 5.40. The number of nitrogens with one attached hydrogen (secondary N) is 1. The largest absolute Gasteiger partial charge is 0.349 e. The van der Waals surface area contributed by atoms with Gasteiger partial charge in [0.15, 0.2) is 0 Å². The van der Waals surface area contributed by atoms with Gasteiger partial charge in [0.25, 0.3) is 0 Å². The van der Waals surface area contributed by atoms with Crippen LogP contribution in [-0.4, -0.2) is 36.9 Å². The van der Waals surface area contributed by atoms with E-state index in [1.807, 2.05) is 12.1 Å². The van der Waals surface area contributed by atoms with Crippen LogP contribution < -0.4 is 11.1 Å². The van der Waals surface area contributed by atoms with Gasteiger partial charge in [0.2, 0.25) is 11.8 Å². The van der Waals surface area contributed by atoms with Gasteiger partial charge in [-0.1, -0.05) is 31.9 Å². The smallest absolute Gasteiger partial charge is 0.241 e. The summed E-state index contributed by atoms with van der Waals surface area (Å²) in [6, 6.07) is 6.80. The molecule has 0 spiro atoms. The van der Waals surface area contributed by atoms with Crippen molar-refractivity contribution in [3.8, 4) is 0 Å². The van der Waals surface area contributed by atoms with E-state index in [4.69, 9.17) is 5.73 Å². The van der Waals surface area contributed by atoms with Crippen LogP contribution in [0, 0.1) is 0 Å². The molecule has 0 saturated heterocycles. The van der Waals surface area contributed by atoms with Gasteiger partial charge in [-0.2, -0.15) is 0 Å². The van der Waals surface area contributed by atoms with Crippen molar-refractivity contribution in [2.45, 2.75) is 38.6 Å². The third-order valence-corrected chi connectivity index (χ3v) is 3.28. The Kier molecular flexibility index (Phi) is 6.88. The number of hydrogen-bond donors (Lipinski definition) is 2. The number of amides is 2. The molecule has 1 atom stereocenters. The van der Waals surface area contributed by atoms with Gasteiger partial charge in [-0.25, -0.2) is 0 Å². The molecule has 0 radical (unpaired) electrons. The van der Waals surface area contributed by atoms with E-state index in [1.54, 1.807) is 31.1 Å². The molecule has 3 N–H and O–H groups in total. The van der Waals surface area contributed by atoms with Crippen LogP contribution in [0.25, 0.3) is 0 Å². The number of carbonyl (C=O) groups excluding carboxylic acids is 2. The van der Waals surface area contributed by atoms with Gasteiger partial charge < -0.3 is 16.0 Å². The fourth-order valence-electron chi connectivity index (χ4n) is 1.83. The van der Waals surface area contributed by atoms with E-state index >= 15 is 0 Å². The first-order valence-corrected chi connectivity index (χ1v) is 7.29. The lowest BCUT2D eigenvalue weighted by molar-refractivity contribution is -0.128. The van der Waals surface area contributed by atoms with Crippen LogP contribution in [0.3, 0.4) is 0 Å². The second-order valence-corrected chi connectivity index (χ2v) is 5.40. The summed E-state index contributed by atoms with van der Waals surface area (Å²) in [5.41, 5.74) is 7.44. The van der Waals surface area contributed by atoms with Crippen molar-refractivity contribution in [1.82, 2.24) is 4.90 Å². The summed E-state index contributed by atoms with van der Waals surface area (Å²) in [7, 11) is 3.46. The summed E-state index contributed by atoms with van der Waals surface area (Å²) in [6.07, 6.45) is 3.02. The van der Waals surface area contributed by atoms with E-state index in [-0.39, 0.29) is 11.8 Å². The van der Waals surface area contributed by atoms with Gasteiger partial charge >= 0.3 is 0 Å². The molecule has 0 aliphatic carbocycles. The Morgan fingerprint density at radius 2 is 1.86 bits per heavy atom. The lowest BCUT2D eigenvalue weighted by atomic mass is 10.1. The molecule has 116 valence electrons. The van der Waals surface area contributed by atoms with Crippen LogP contribution in [-0.2, 0) is 16.0 Å². The highest BCUT2D eigenvalue weighted by molar-refractivity contribution is 5.94. The van der Waals surface area contributed by atoms with Crippen molar-refractivity contribution in [2.24, 2.45) is 5.73 Å². The van der Waals surface area contributed by atoms with Gasteiger partial charge in [0.1, 0.15) is 0 Å². The first kappa shape index (κ1) is 17.2.